The van der Waals surface area contributed by atoms with E-state index in [0.29, 0.717) is 5.88 Å². The second-order valence-corrected chi connectivity index (χ2v) is 3.48. The number of nitrogens with one attached hydrogen (secondary N) is 1. The molecule has 1 aromatic rings. The standard InChI is InChI=1S/C10H10ClNO2/c11-4-3-7-1-2-8-9(5-7)14-6-10(13)12-8/h1-2,5H,3-4,6H2,(H,12,13). The predicted molar refractivity (Wildman–Crippen MR) is 55.0 cm³/mol. The molecule has 1 aromatic carbocycles. The van der Waals surface area contributed by atoms with Crippen LogP contribution < -0.4 is 10.1 Å². The molecule has 0 saturated heterocycles. The summed E-state index contributed by atoms with van der Waals surface area (Å²) in [6.07, 6.45) is 0.812. The maximum atomic E-state index is 11.0. The SMILES string of the molecule is O=C1COc2cc(CCCl)ccc2N1. The van der Waals surface area contributed by atoms with Gasteiger partial charge < -0.3 is 10.1 Å². The van der Waals surface area contributed by atoms with Crippen molar-refractivity contribution in [2.45, 2.75) is 6.42 Å². The Morgan fingerprint density at radius 2 is 2.36 bits per heavy atom. The van der Waals surface area contributed by atoms with E-state index in [2.05, 4.69) is 5.32 Å². The number of aryl methyl sites for hydroxylation is 1. The molecule has 0 unspecified atom stereocenters. The minimum atomic E-state index is -0.109. The number of rotatable bonds is 2. The van der Waals surface area contributed by atoms with Gasteiger partial charge in [0.25, 0.3) is 5.91 Å². The first-order valence-electron chi connectivity index (χ1n) is 4.41. The van der Waals surface area contributed by atoms with Crippen molar-refractivity contribution < 1.29 is 9.53 Å². The van der Waals surface area contributed by atoms with Crippen LogP contribution in [0.2, 0.25) is 0 Å². The predicted octanol–water partition coefficient (Wildman–Crippen LogP) is 1.80. The van der Waals surface area contributed by atoms with Crippen molar-refractivity contribution in [3.05, 3.63) is 23.8 Å². The Hall–Kier alpha value is -1.22. The van der Waals surface area contributed by atoms with Gasteiger partial charge in [0.1, 0.15) is 5.75 Å². The van der Waals surface area contributed by atoms with Gasteiger partial charge in [0.2, 0.25) is 0 Å². The van der Waals surface area contributed by atoms with Crippen LogP contribution in [0.25, 0.3) is 0 Å². The number of halogens is 1. The molecular weight excluding hydrogens is 202 g/mol. The van der Waals surface area contributed by atoms with Crippen molar-refractivity contribution in [2.75, 3.05) is 17.8 Å². The van der Waals surface area contributed by atoms with Gasteiger partial charge in [-0.15, -0.1) is 11.6 Å². The Bertz CT molecular complexity index is 365. The van der Waals surface area contributed by atoms with Gasteiger partial charge in [-0.25, -0.2) is 0 Å². The Balaban J connectivity index is 2.26. The maximum absolute atomic E-state index is 11.0. The molecule has 0 aromatic heterocycles. The number of hydrogen-bond donors (Lipinski definition) is 1. The Labute approximate surface area is 87.0 Å². The average Bonchev–Trinajstić information content (AvgIpc) is 2.19. The van der Waals surface area contributed by atoms with Crippen molar-refractivity contribution in [2.24, 2.45) is 0 Å². The summed E-state index contributed by atoms with van der Waals surface area (Å²) in [6, 6.07) is 5.70. The lowest BCUT2D eigenvalue weighted by molar-refractivity contribution is -0.118. The van der Waals surface area contributed by atoms with Gasteiger partial charge in [-0.05, 0) is 24.1 Å². The van der Waals surface area contributed by atoms with Gasteiger partial charge in [0.05, 0.1) is 5.69 Å². The Kier molecular flexibility index (Phi) is 2.59. The van der Waals surface area contributed by atoms with Crippen LogP contribution in [0.4, 0.5) is 5.69 Å². The van der Waals surface area contributed by atoms with Gasteiger partial charge in [0.15, 0.2) is 6.61 Å². The van der Waals surface area contributed by atoms with Crippen molar-refractivity contribution in [1.82, 2.24) is 0 Å². The second kappa shape index (κ2) is 3.88. The van der Waals surface area contributed by atoms with E-state index >= 15 is 0 Å². The number of benzene rings is 1. The summed E-state index contributed by atoms with van der Waals surface area (Å²) in [6.45, 7) is 0.0946. The average molecular weight is 212 g/mol. The summed E-state index contributed by atoms with van der Waals surface area (Å²) in [5.41, 5.74) is 1.86. The van der Waals surface area contributed by atoms with E-state index < -0.39 is 0 Å². The molecule has 0 spiro atoms. The molecule has 74 valence electrons. The number of anilines is 1. The van der Waals surface area contributed by atoms with Crippen LogP contribution in [0.3, 0.4) is 0 Å². The number of hydrogen-bond acceptors (Lipinski definition) is 2. The molecule has 1 aliphatic rings. The highest BCUT2D eigenvalue weighted by molar-refractivity contribution is 6.18. The first-order valence-corrected chi connectivity index (χ1v) is 4.94. The summed E-state index contributed by atoms with van der Waals surface area (Å²) in [4.78, 5) is 11.0. The zero-order chi connectivity index (χ0) is 9.97. The molecule has 1 heterocycles. The van der Waals surface area contributed by atoms with Gasteiger partial charge >= 0.3 is 0 Å². The Morgan fingerprint density at radius 3 is 3.14 bits per heavy atom. The van der Waals surface area contributed by atoms with Crippen molar-refractivity contribution in [3.8, 4) is 5.75 Å². The number of carbonyl (C=O) groups excluding carboxylic acids is 1. The molecule has 0 atom stereocenters. The maximum Gasteiger partial charge on any atom is 0.262 e. The van der Waals surface area contributed by atoms with Crippen LogP contribution in [0.1, 0.15) is 5.56 Å². The molecule has 1 N–H and O–H groups in total. The lowest BCUT2D eigenvalue weighted by Crippen LogP contribution is -2.25. The number of fused-ring (bicyclic) bond motifs is 1. The van der Waals surface area contributed by atoms with Crippen molar-refractivity contribution >= 4 is 23.2 Å². The van der Waals surface area contributed by atoms with Crippen LogP contribution >= 0.6 is 11.6 Å². The molecular formula is C10H10ClNO2. The first kappa shape index (κ1) is 9.34. The fourth-order valence-corrected chi connectivity index (χ4v) is 1.60. The lowest BCUT2D eigenvalue weighted by Gasteiger charge is -2.18. The summed E-state index contributed by atoms with van der Waals surface area (Å²) in [5, 5.41) is 2.73. The minimum Gasteiger partial charge on any atom is -0.482 e. The number of ether oxygens (including phenoxy) is 1. The zero-order valence-corrected chi connectivity index (χ0v) is 8.30. The largest absolute Gasteiger partial charge is 0.482 e. The monoisotopic (exact) mass is 211 g/mol. The second-order valence-electron chi connectivity index (χ2n) is 3.11. The molecule has 0 aliphatic carbocycles. The molecule has 0 bridgehead atoms. The fourth-order valence-electron chi connectivity index (χ4n) is 1.38. The Morgan fingerprint density at radius 1 is 1.50 bits per heavy atom. The van der Waals surface area contributed by atoms with E-state index in [1.165, 1.54) is 0 Å². The summed E-state index contributed by atoms with van der Waals surface area (Å²) >= 11 is 5.63. The quantitative estimate of drug-likeness (QED) is 0.758. The number of alkyl halides is 1. The summed E-state index contributed by atoms with van der Waals surface area (Å²) in [7, 11) is 0. The highest BCUT2D eigenvalue weighted by atomic mass is 35.5. The van der Waals surface area contributed by atoms with Crippen LogP contribution in [0.5, 0.6) is 5.75 Å². The van der Waals surface area contributed by atoms with Gasteiger partial charge in [-0.3, -0.25) is 4.79 Å². The van der Waals surface area contributed by atoms with E-state index in [1.807, 2.05) is 18.2 Å². The van der Waals surface area contributed by atoms with Gasteiger partial charge in [-0.2, -0.15) is 0 Å². The molecule has 14 heavy (non-hydrogen) atoms. The number of carbonyl (C=O) groups is 1. The highest BCUT2D eigenvalue weighted by Crippen LogP contribution is 2.28. The summed E-state index contributed by atoms with van der Waals surface area (Å²) in [5.74, 6) is 1.21. The lowest BCUT2D eigenvalue weighted by atomic mass is 10.1. The van der Waals surface area contributed by atoms with E-state index in [4.69, 9.17) is 16.3 Å². The van der Waals surface area contributed by atoms with Gasteiger partial charge in [0, 0.05) is 5.88 Å². The zero-order valence-electron chi connectivity index (χ0n) is 7.55. The summed E-state index contributed by atoms with van der Waals surface area (Å²) < 4.78 is 5.27. The van der Waals surface area contributed by atoms with E-state index in [-0.39, 0.29) is 12.5 Å². The third-order valence-electron chi connectivity index (χ3n) is 2.06. The van der Waals surface area contributed by atoms with E-state index in [9.17, 15) is 4.79 Å². The normalized spacial score (nSPS) is 14.2. The molecule has 4 heteroatoms. The van der Waals surface area contributed by atoms with Crippen LogP contribution in [-0.2, 0) is 11.2 Å². The minimum absolute atomic E-state index is 0.0946. The highest BCUT2D eigenvalue weighted by Gasteiger charge is 2.15. The van der Waals surface area contributed by atoms with Crippen molar-refractivity contribution in [3.63, 3.8) is 0 Å². The molecule has 0 radical (unpaired) electrons. The van der Waals surface area contributed by atoms with E-state index in [0.717, 1.165) is 23.4 Å². The van der Waals surface area contributed by atoms with Crippen molar-refractivity contribution in [1.29, 1.82) is 0 Å². The molecule has 1 amide bonds. The van der Waals surface area contributed by atoms with Gasteiger partial charge in [-0.1, -0.05) is 6.07 Å². The molecule has 3 nitrogen and oxygen atoms in total. The van der Waals surface area contributed by atoms with E-state index in [1.54, 1.807) is 0 Å². The van der Waals surface area contributed by atoms with Crippen LogP contribution in [0.15, 0.2) is 18.2 Å². The molecule has 0 saturated carbocycles. The van der Waals surface area contributed by atoms with Crippen LogP contribution in [-0.4, -0.2) is 18.4 Å². The first-order chi connectivity index (χ1) is 6.79. The third-order valence-corrected chi connectivity index (χ3v) is 2.25. The smallest absolute Gasteiger partial charge is 0.262 e. The fraction of sp³-hybridized carbons (Fsp3) is 0.300. The molecule has 2 rings (SSSR count). The molecule has 0 fully saturated rings. The van der Waals surface area contributed by atoms with Crippen LogP contribution in [0, 0.1) is 0 Å². The third kappa shape index (κ3) is 1.82. The molecule has 1 aliphatic heterocycles. The topological polar surface area (TPSA) is 38.3 Å². The number of amides is 1.